The first kappa shape index (κ1) is 19.0. The Morgan fingerprint density at radius 1 is 0.913 bits per heavy atom. The molecule has 0 amide bonds. The number of aryl methyl sites for hydroxylation is 2. The minimum Gasteiger partial charge on any atom is -0.389 e. The quantitative estimate of drug-likeness (QED) is 0.811. The maximum absolute atomic E-state index is 13.1. The molecule has 0 aliphatic carbocycles. The maximum Gasteiger partial charge on any atom is 0.153 e. The minimum absolute atomic E-state index is 0.171. The zero-order valence-corrected chi connectivity index (χ0v) is 14.1. The molecule has 0 aliphatic heterocycles. The van der Waals surface area contributed by atoms with Crippen LogP contribution in [0.1, 0.15) is 51.2 Å². The van der Waals surface area contributed by atoms with Crippen molar-refractivity contribution in [3.05, 3.63) is 69.3 Å². The molecule has 2 aromatic carbocycles. The third kappa shape index (κ3) is 4.45. The highest BCUT2D eigenvalue weighted by Gasteiger charge is 2.12. The number of hydrogen-bond acceptors (Lipinski definition) is 2. The minimum atomic E-state index is -0.732. The smallest absolute Gasteiger partial charge is 0.153 e. The van der Waals surface area contributed by atoms with Gasteiger partial charge in [0, 0.05) is 5.56 Å². The molecule has 23 heavy (non-hydrogen) atoms. The molecule has 124 valence electrons. The Kier molecular flexibility index (Phi) is 6.58. The Bertz CT molecular complexity index is 707. The first-order chi connectivity index (χ1) is 10.7. The molecule has 1 unspecified atom stereocenters. The zero-order chi connectivity index (χ0) is 17.7. The largest absolute Gasteiger partial charge is 0.389 e. The molecule has 4 heteroatoms. The first-order valence-electron chi connectivity index (χ1n) is 7.35. The van der Waals surface area contributed by atoms with Crippen LogP contribution in [0.15, 0.2) is 24.3 Å². The van der Waals surface area contributed by atoms with E-state index in [0.717, 1.165) is 22.3 Å². The van der Waals surface area contributed by atoms with Crippen LogP contribution in [0, 0.1) is 39.3 Å². The van der Waals surface area contributed by atoms with Crippen molar-refractivity contribution in [3.8, 4) is 0 Å². The van der Waals surface area contributed by atoms with E-state index in [-0.39, 0.29) is 11.4 Å². The standard InChI is InChI=1S/C10H13FO.C9H9FO/c1-6-4-5-9(11)10(7(6)2)8(3)12;1-6-3-4-9(10)8(5-11)7(6)2/h4-5,8,12H,1-3H3;3-5H,1-2H3. The zero-order valence-electron chi connectivity index (χ0n) is 14.1. The molecule has 1 N–H and O–H groups in total. The molecule has 2 nitrogen and oxygen atoms in total. The van der Waals surface area contributed by atoms with E-state index in [9.17, 15) is 18.7 Å². The van der Waals surface area contributed by atoms with Crippen molar-refractivity contribution in [1.29, 1.82) is 0 Å². The van der Waals surface area contributed by atoms with Crippen LogP contribution in [-0.4, -0.2) is 11.4 Å². The average molecular weight is 320 g/mol. The van der Waals surface area contributed by atoms with Crippen molar-refractivity contribution in [2.75, 3.05) is 0 Å². The van der Waals surface area contributed by atoms with Gasteiger partial charge in [-0.1, -0.05) is 12.1 Å². The van der Waals surface area contributed by atoms with Crippen LogP contribution in [0.3, 0.4) is 0 Å². The van der Waals surface area contributed by atoms with Gasteiger partial charge in [0.1, 0.15) is 11.6 Å². The SMILES string of the molecule is Cc1ccc(F)c(C(C)O)c1C.Cc1ccc(F)c(C=O)c1C. The fraction of sp³-hybridized carbons (Fsp3) is 0.316. The van der Waals surface area contributed by atoms with Gasteiger partial charge in [0.2, 0.25) is 0 Å². The Labute approximate surface area is 135 Å². The van der Waals surface area contributed by atoms with Crippen molar-refractivity contribution in [1.82, 2.24) is 0 Å². The molecule has 0 aromatic heterocycles. The average Bonchev–Trinajstić information content (AvgIpc) is 2.48. The van der Waals surface area contributed by atoms with Crippen molar-refractivity contribution in [2.24, 2.45) is 0 Å². The number of rotatable bonds is 2. The van der Waals surface area contributed by atoms with Crippen LogP contribution >= 0.6 is 0 Å². The number of carbonyl (C=O) groups is 1. The van der Waals surface area contributed by atoms with E-state index >= 15 is 0 Å². The van der Waals surface area contributed by atoms with Gasteiger partial charge in [-0.3, -0.25) is 4.79 Å². The van der Waals surface area contributed by atoms with Gasteiger partial charge in [0.15, 0.2) is 6.29 Å². The Balaban J connectivity index is 0.000000231. The lowest BCUT2D eigenvalue weighted by Gasteiger charge is -2.11. The molecule has 0 heterocycles. The topological polar surface area (TPSA) is 37.3 Å². The second kappa shape index (κ2) is 7.97. The number of aliphatic hydroxyl groups is 1. The molecule has 0 radical (unpaired) electrons. The monoisotopic (exact) mass is 320 g/mol. The van der Waals surface area contributed by atoms with E-state index in [0.29, 0.717) is 11.8 Å². The van der Waals surface area contributed by atoms with Crippen LogP contribution in [-0.2, 0) is 0 Å². The fourth-order valence-corrected chi connectivity index (χ4v) is 2.27. The number of benzene rings is 2. The molecule has 2 aromatic rings. The van der Waals surface area contributed by atoms with E-state index in [4.69, 9.17) is 0 Å². The molecular weight excluding hydrogens is 298 g/mol. The lowest BCUT2D eigenvalue weighted by Crippen LogP contribution is -2.00. The van der Waals surface area contributed by atoms with Crippen LogP contribution in [0.5, 0.6) is 0 Å². The van der Waals surface area contributed by atoms with Gasteiger partial charge in [-0.15, -0.1) is 0 Å². The second-order valence-corrected chi connectivity index (χ2v) is 5.60. The molecule has 0 fully saturated rings. The van der Waals surface area contributed by atoms with Gasteiger partial charge in [0.25, 0.3) is 0 Å². The number of carbonyl (C=O) groups excluding carboxylic acids is 1. The van der Waals surface area contributed by atoms with Gasteiger partial charge in [0.05, 0.1) is 11.7 Å². The predicted molar refractivity (Wildman–Crippen MR) is 87.8 cm³/mol. The van der Waals surface area contributed by atoms with Crippen molar-refractivity contribution in [3.63, 3.8) is 0 Å². The molecule has 0 aliphatic rings. The van der Waals surface area contributed by atoms with Crippen LogP contribution < -0.4 is 0 Å². The fourth-order valence-electron chi connectivity index (χ4n) is 2.27. The van der Waals surface area contributed by atoms with Gasteiger partial charge >= 0.3 is 0 Å². The summed E-state index contributed by atoms with van der Waals surface area (Å²) < 4.78 is 25.9. The summed E-state index contributed by atoms with van der Waals surface area (Å²) in [5, 5.41) is 9.27. The normalized spacial score (nSPS) is 11.5. The summed E-state index contributed by atoms with van der Waals surface area (Å²) in [5.41, 5.74) is 4.09. The van der Waals surface area contributed by atoms with Gasteiger partial charge in [-0.2, -0.15) is 0 Å². The summed E-state index contributed by atoms with van der Waals surface area (Å²) in [7, 11) is 0. The van der Waals surface area contributed by atoms with E-state index in [1.165, 1.54) is 12.1 Å². The number of hydrogen-bond donors (Lipinski definition) is 1. The van der Waals surface area contributed by atoms with Crippen LogP contribution in [0.25, 0.3) is 0 Å². The summed E-state index contributed by atoms with van der Waals surface area (Å²) in [6, 6.07) is 6.09. The highest BCUT2D eigenvalue weighted by atomic mass is 19.1. The third-order valence-corrected chi connectivity index (χ3v) is 4.00. The number of aliphatic hydroxyl groups excluding tert-OH is 1. The first-order valence-corrected chi connectivity index (χ1v) is 7.35. The molecular formula is C19H22F2O2. The summed E-state index contributed by atoms with van der Waals surface area (Å²) in [6.07, 6.45) is -0.178. The predicted octanol–water partition coefficient (Wildman–Crippen LogP) is 4.75. The summed E-state index contributed by atoms with van der Waals surface area (Å²) >= 11 is 0. The van der Waals surface area contributed by atoms with Crippen molar-refractivity contribution in [2.45, 2.75) is 40.7 Å². The molecule has 2 rings (SSSR count). The van der Waals surface area contributed by atoms with Crippen molar-refractivity contribution >= 4 is 6.29 Å². The van der Waals surface area contributed by atoms with Crippen LogP contribution in [0.2, 0.25) is 0 Å². The molecule has 0 saturated heterocycles. The van der Waals surface area contributed by atoms with E-state index in [1.54, 1.807) is 26.0 Å². The highest BCUT2D eigenvalue weighted by Crippen LogP contribution is 2.23. The Hall–Kier alpha value is -2.07. The Morgan fingerprint density at radius 2 is 1.39 bits per heavy atom. The Morgan fingerprint density at radius 3 is 1.78 bits per heavy atom. The highest BCUT2D eigenvalue weighted by molar-refractivity contribution is 5.78. The van der Waals surface area contributed by atoms with E-state index in [2.05, 4.69) is 0 Å². The van der Waals surface area contributed by atoms with Crippen molar-refractivity contribution < 1.29 is 18.7 Å². The third-order valence-electron chi connectivity index (χ3n) is 4.00. The van der Waals surface area contributed by atoms with E-state index < -0.39 is 11.9 Å². The lowest BCUT2D eigenvalue weighted by atomic mass is 9.99. The second-order valence-electron chi connectivity index (χ2n) is 5.60. The number of aldehydes is 1. The molecule has 0 spiro atoms. The molecule has 0 bridgehead atoms. The van der Waals surface area contributed by atoms with Crippen LogP contribution in [0.4, 0.5) is 8.78 Å². The molecule has 1 atom stereocenters. The maximum atomic E-state index is 13.1. The summed E-state index contributed by atoms with van der Waals surface area (Å²) in [5.74, 6) is -0.767. The van der Waals surface area contributed by atoms with Gasteiger partial charge in [-0.05, 0) is 69.0 Å². The number of halogens is 2. The summed E-state index contributed by atoms with van der Waals surface area (Å²) in [6.45, 7) is 8.88. The van der Waals surface area contributed by atoms with Gasteiger partial charge < -0.3 is 5.11 Å². The molecule has 0 saturated carbocycles. The lowest BCUT2D eigenvalue weighted by molar-refractivity contribution is 0.111. The van der Waals surface area contributed by atoms with Gasteiger partial charge in [-0.25, -0.2) is 8.78 Å². The van der Waals surface area contributed by atoms with E-state index in [1.807, 2.05) is 20.8 Å². The summed E-state index contributed by atoms with van der Waals surface area (Å²) in [4.78, 5) is 10.4.